The first-order chi connectivity index (χ1) is 12.2. The number of hydrogen-bond acceptors (Lipinski definition) is 6. The lowest BCUT2D eigenvalue weighted by atomic mass is 9.83. The molecule has 0 radical (unpaired) electrons. The molecule has 0 saturated carbocycles. The molecule has 26 heavy (non-hydrogen) atoms. The molecule has 0 saturated heterocycles. The zero-order valence-electron chi connectivity index (χ0n) is 13.5. The summed E-state index contributed by atoms with van der Waals surface area (Å²) in [5.41, 5.74) is -0.601. The lowest BCUT2D eigenvalue weighted by molar-refractivity contribution is -0.132. The topological polar surface area (TPSA) is 86.7 Å². The van der Waals surface area contributed by atoms with Gasteiger partial charge in [0.15, 0.2) is 11.6 Å². The Labute approximate surface area is 157 Å². The van der Waals surface area contributed by atoms with Gasteiger partial charge in [-0.3, -0.25) is 19.2 Å². The van der Waals surface area contributed by atoms with Gasteiger partial charge in [0.2, 0.25) is 0 Å². The summed E-state index contributed by atoms with van der Waals surface area (Å²) in [5, 5.41) is -0.0118. The van der Waals surface area contributed by atoms with Crippen LogP contribution in [0.1, 0.15) is 45.7 Å². The van der Waals surface area contributed by atoms with Crippen molar-refractivity contribution in [3.8, 4) is 11.5 Å². The molecule has 0 aromatic heterocycles. The number of esters is 2. The monoisotopic (exact) mass is 392 g/mol. The second-order valence-electron chi connectivity index (χ2n) is 5.44. The molecule has 0 N–H and O–H groups in total. The predicted molar refractivity (Wildman–Crippen MR) is 92.4 cm³/mol. The molecule has 0 aliphatic heterocycles. The second-order valence-corrected chi connectivity index (χ2v) is 6.25. The fourth-order valence-electron chi connectivity index (χ4n) is 2.74. The van der Waals surface area contributed by atoms with Crippen LogP contribution in [0, 0.1) is 0 Å². The van der Waals surface area contributed by atoms with E-state index in [9.17, 15) is 19.2 Å². The van der Waals surface area contributed by atoms with Crippen LogP contribution in [0.15, 0.2) is 24.3 Å². The third-order valence-corrected chi connectivity index (χ3v) is 4.28. The molecule has 1 aliphatic carbocycles. The minimum atomic E-state index is -0.666. The van der Waals surface area contributed by atoms with Gasteiger partial charge in [0.1, 0.15) is 11.5 Å². The molecule has 0 spiro atoms. The van der Waals surface area contributed by atoms with Crippen molar-refractivity contribution in [2.75, 3.05) is 0 Å². The predicted octanol–water partition coefficient (Wildman–Crippen LogP) is 3.62. The number of fused-ring (bicyclic) bond motifs is 2. The number of ketones is 2. The first-order valence-corrected chi connectivity index (χ1v) is 8.09. The van der Waals surface area contributed by atoms with E-state index in [4.69, 9.17) is 32.7 Å². The lowest BCUT2D eigenvalue weighted by Gasteiger charge is -2.23. The quantitative estimate of drug-likeness (QED) is 0.488. The van der Waals surface area contributed by atoms with Crippen LogP contribution in [0.3, 0.4) is 0 Å². The first kappa shape index (κ1) is 18.1. The van der Waals surface area contributed by atoms with Gasteiger partial charge < -0.3 is 9.47 Å². The highest BCUT2D eigenvalue weighted by atomic mass is 35.5. The van der Waals surface area contributed by atoms with Crippen molar-refractivity contribution in [3.05, 3.63) is 56.6 Å². The Kier molecular flexibility index (Phi) is 4.56. The van der Waals surface area contributed by atoms with Crippen LogP contribution < -0.4 is 9.47 Å². The van der Waals surface area contributed by atoms with E-state index in [1.807, 2.05) is 0 Å². The van der Waals surface area contributed by atoms with E-state index >= 15 is 0 Å². The summed E-state index contributed by atoms with van der Waals surface area (Å²) in [4.78, 5) is 48.7. The highest BCUT2D eigenvalue weighted by Crippen LogP contribution is 2.42. The standard InChI is InChI=1S/C18H10Cl2O6/c1-7(21)25-11-5-3-9(19)13-15(11)17(23)14-10(20)4-6-12(26-8(2)22)16(14)18(13)24/h3-6H,1-2H3. The molecule has 2 aromatic rings. The maximum absolute atomic E-state index is 13.0. The van der Waals surface area contributed by atoms with E-state index in [0.717, 1.165) is 13.8 Å². The zero-order valence-corrected chi connectivity index (χ0v) is 15.0. The third-order valence-electron chi connectivity index (χ3n) is 3.65. The van der Waals surface area contributed by atoms with Crippen LogP contribution in [0.25, 0.3) is 0 Å². The Morgan fingerprint density at radius 1 is 0.692 bits per heavy atom. The SMILES string of the molecule is CC(=O)Oc1ccc(Cl)c2c1C(=O)c1c(Cl)ccc(OC(C)=O)c1C2=O. The molecule has 0 bridgehead atoms. The number of carbonyl (C=O) groups excluding carboxylic acids is 4. The highest BCUT2D eigenvalue weighted by molar-refractivity contribution is 6.43. The summed E-state index contributed by atoms with van der Waals surface area (Å²) in [6.07, 6.45) is 0. The molecule has 6 nitrogen and oxygen atoms in total. The van der Waals surface area contributed by atoms with Crippen molar-refractivity contribution in [1.82, 2.24) is 0 Å². The number of halogens is 2. The molecule has 8 heteroatoms. The van der Waals surface area contributed by atoms with Gasteiger partial charge in [0.05, 0.1) is 32.3 Å². The smallest absolute Gasteiger partial charge is 0.308 e. The largest absolute Gasteiger partial charge is 0.426 e. The van der Waals surface area contributed by atoms with Gasteiger partial charge in [-0.15, -0.1) is 0 Å². The van der Waals surface area contributed by atoms with Crippen LogP contribution >= 0.6 is 23.2 Å². The fraction of sp³-hybridized carbons (Fsp3) is 0.111. The Balaban J connectivity index is 2.33. The number of benzene rings is 2. The maximum atomic E-state index is 13.0. The molecule has 3 rings (SSSR count). The van der Waals surface area contributed by atoms with Crippen molar-refractivity contribution < 1.29 is 28.7 Å². The third kappa shape index (κ3) is 2.87. The summed E-state index contributed by atoms with van der Waals surface area (Å²) >= 11 is 12.2. The Hall–Kier alpha value is -2.70. The molecular formula is C18H10Cl2O6. The summed E-state index contributed by atoms with van der Waals surface area (Å²) in [6.45, 7) is 2.33. The number of rotatable bonds is 2. The van der Waals surface area contributed by atoms with Gasteiger partial charge in [-0.2, -0.15) is 0 Å². The zero-order chi connectivity index (χ0) is 19.2. The molecular weight excluding hydrogens is 383 g/mol. The minimum Gasteiger partial charge on any atom is -0.426 e. The van der Waals surface area contributed by atoms with Crippen LogP contribution in [0.4, 0.5) is 0 Å². The highest BCUT2D eigenvalue weighted by Gasteiger charge is 2.38. The van der Waals surface area contributed by atoms with E-state index in [2.05, 4.69) is 0 Å². The van der Waals surface area contributed by atoms with Crippen LogP contribution in [0.2, 0.25) is 10.0 Å². The second kappa shape index (κ2) is 6.55. The lowest BCUT2D eigenvalue weighted by Crippen LogP contribution is -2.24. The Morgan fingerprint density at radius 2 is 1.04 bits per heavy atom. The van der Waals surface area contributed by atoms with E-state index in [1.54, 1.807) is 0 Å². The molecule has 0 atom stereocenters. The van der Waals surface area contributed by atoms with Crippen molar-refractivity contribution in [1.29, 1.82) is 0 Å². The van der Waals surface area contributed by atoms with Gasteiger partial charge >= 0.3 is 11.9 Å². The van der Waals surface area contributed by atoms with Crippen molar-refractivity contribution in [3.63, 3.8) is 0 Å². The minimum absolute atomic E-state index is 0.00588. The average Bonchev–Trinajstić information content (AvgIpc) is 2.54. The number of hydrogen-bond donors (Lipinski definition) is 0. The number of ether oxygens (including phenoxy) is 2. The van der Waals surface area contributed by atoms with Crippen LogP contribution in [-0.2, 0) is 9.59 Å². The molecule has 0 heterocycles. The van der Waals surface area contributed by atoms with Gasteiger partial charge in [-0.05, 0) is 24.3 Å². The van der Waals surface area contributed by atoms with E-state index in [0.29, 0.717) is 0 Å². The summed E-state index contributed by atoms with van der Waals surface area (Å²) in [6, 6.07) is 5.32. The molecule has 0 amide bonds. The van der Waals surface area contributed by atoms with Gasteiger partial charge in [0.25, 0.3) is 0 Å². The Morgan fingerprint density at radius 3 is 1.35 bits per heavy atom. The summed E-state index contributed by atoms with van der Waals surface area (Å²) in [7, 11) is 0. The fourth-order valence-corrected chi connectivity index (χ4v) is 3.23. The van der Waals surface area contributed by atoms with Crippen LogP contribution in [0.5, 0.6) is 11.5 Å². The molecule has 0 fully saturated rings. The summed E-state index contributed by atoms with van der Waals surface area (Å²) in [5.74, 6) is -2.86. The van der Waals surface area contributed by atoms with Gasteiger partial charge in [-0.1, -0.05) is 23.2 Å². The summed E-state index contributed by atoms with van der Waals surface area (Å²) < 4.78 is 10.1. The molecule has 2 aromatic carbocycles. The molecule has 132 valence electrons. The van der Waals surface area contributed by atoms with Gasteiger partial charge in [0, 0.05) is 13.8 Å². The number of carbonyl (C=O) groups is 4. The average molecular weight is 393 g/mol. The van der Waals surface area contributed by atoms with E-state index in [1.165, 1.54) is 24.3 Å². The van der Waals surface area contributed by atoms with Crippen LogP contribution in [-0.4, -0.2) is 23.5 Å². The van der Waals surface area contributed by atoms with Crippen molar-refractivity contribution >= 4 is 46.7 Å². The van der Waals surface area contributed by atoms with Crippen molar-refractivity contribution in [2.24, 2.45) is 0 Å². The van der Waals surface area contributed by atoms with Gasteiger partial charge in [-0.25, -0.2) is 0 Å². The Bertz CT molecular complexity index is 928. The molecule has 0 unspecified atom stereocenters. The molecule has 1 aliphatic rings. The van der Waals surface area contributed by atoms with Crippen molar-refractivity contribution in [2.45, 2.75) is 13.8 Å². The normalized spacial score (nSPS) is 12.3. The first-order valence-electron chi connectivity index (χ1n) is 7.33. The van der Waals surface area contributed by atoms with E-state index in [-0.39, 0.29) is 43.8 Å². The maximum Gasteiger partial charge on any atom is 0.308 e. The van der Waals surface area contributed by atoms with E-state index < -0.39 is 23.5 Å².